The first-order chi connectivity index (χ1) is 9.55. The van der Waals surface area contributed by atoms with Crippen LogP contribution in [0.2, 0.25) is 0 Å². The molecule has 1 aromatic heterocycles. The summed E-state index contributed by atoms with van der Waals surface area (Å²) in [6.45, 7) is 0.646. The molecule has 0 N–H and O–H groups in total. The average Bonchev–Trinajstić information content (AvgIpc) is 2.46. The van der Waals surface area contributed by atoms with Gasteiger partial charge in [0.1, 0.15) is 0 Å². The zero-order chi connectivity index (χ0) is 14.2. The van der Waals surface area contributed by atoms with E-state index in [9.17, 15) is 13.2 Å². The summed E-state index contributed by atoms with van der Waals surface area (Å²) in [7, 11) is 0. The van der Waals surface area contributed by atoms with Gasteiger partial charge < -0.3 is 0 Å². The van der Waals surface area contributed by atoms with E-state index >= 15 is 0 Å². The number of hydrogen-bond donors (Lipinski definition) is 0. The van der Waals surface area contributed by atoms with Gasteiger partial charge in [-0.2, -0.15) is 13.2 Å². The summed E-state index contributed by atoms with van der Waals surface area (Å²) >= 11 is 0. The topological polar surface area (TPSA) is 25.2 Å². The van der Waals surface area contributed by atoms with E-state index in [1.807, 2.05) is 6.07 Å². The monoisotopic (exact) mass is 276 g/mol. The van der Waals surface area contributed by atoms with Crippen molar-refractivity contribution in [2.75, 3.05) is 6.54 Å². The van der Waals surface area contributed by atoms with Gasteiger partial charge in [-0.3, -0.25) is 9.98 Å². The maximum atomic E-state index is 12.6. The molecule has 102 valence electrons. The van der Waals surface area contributed by atoms with Gasteiger partial charge in [0, 0.05) is 30.1 Å². The van der Waals surface area contributed by atoms with Crippen molar-refractivity contribution < 1.29 is 13.2 Å². The normalized spacial score (nSPS) is 14.7. The van der Waals surface area contributed by atoms with Crippen LogP contribution in [0.5, 0.6) is 0 Å². The smallest absolute Gasteiger partial charge is 0.284 e. The minimum atomic E-state index is -4.31. The summed E-state index contributed by atoms with van der Waals surface area (Å²) in [4.78, 5) is 8.50. The van der Waals surface area contributed by atoms with Crippen LogP contribution in [0.4, 0.5) is 13.2 Å². The summed E-state index contributed by atoms with van der Waals surface area (Å²) < 4.78 is 37.7. The summed E-state index contributed by atoms with van der Waals surface area (Å²) in [5, 5.41) is 0. The molecule has 20 heavy (non-hydrogen) atoms. The van der Waals surface area contributed by atoms with Gasteiger partial charge >= 0.3 is 6.18 Å². The Bertz CT molecular complexity index is 658. The highest BCUT2D eigenvalue weighted by molar-refractivity contribution is 6.14. The van der Waals surface area contributed by atoms with Crippen LogP contribution >= 0.6 is 0 Å². The largest absolute Gasteiger partial charge is 0.416 e. The van der Waals surface area contributed by atoms with Crippen molar-refractivity contribution in [1.29, 1.82) is 0 Å². The van der Waals surface area contributed by atoms with Crippen LogP contribution in [0.3, 0.4) is 0 Å². The van der Waals surface area contributed by atoms with Crippen molar-refractivity contribution in [2.45, 2.75) is 12.6 Å². The second-order valence-corrected chi connectivity index (χ2v) is 4.59. The second-order valence-electron chi connectivity index (χ2n) is 4.59. The number of aliphatic imine (C=N–C) groups is 1. The van der Waals surface area contributed by atoms with E-state index in [2.05, 4.69) is 9.98 Å². The molecule has 0 bridgehead atoms. The molecule has 0 spiro atoms. The minimum Gasteiger partial charge on any atom is -0.284 e. The first-order valence-electron chi connectivity index (χ1n) is 6.21. The van der Waals surface area contributed by atoms with E-state index in [4.69, 9.17) is 0 Å². The number of halogens is 3. The summed E-state index contributed by atoms with van der Waals surface area (Å²) in [6.07, 6.45) is -0.0477. The number of benzene rings is 1. The van der Waals surface area contributed by atoms with Crippen molar-refractivity contribution >= 4 is 5.71 Å². The highest BCUT2D eigenvalue weighted by Crippen LogP contribution is 2.30. The van der Waals surface area contributed by atoms with Crippen molar-refractivity contribution in [3.63, 3.8) is 0 Å². The molecule has 0 aliphatic carbocycles. The molecule has 0 amide bonds. The van der Waals surface area contributed by atoms with Gasteiger partial charge in [-0.25, -0.2) is 0 Å². The molecule has 0 fully saturated rings. The lowest BCUT2D eigenvalue weighted by Crippen LogP contribution is -2.15. The Hall–Kier alpha value is -2.17. The Morgan fingerprint density at radius 1 is 1.00 bits per heavy atom. The van der Waals surface area contributed by atoms with Crippen molar-refractivity contribution in [3.05, 3.63) is 65.0 Å². The van der Waals surface area contributed by atoms with E-state index in [0.29, 0.717) is 17.8 Å². The van der Waals surface area contributed by atoms with Crippen molar-refractivity contribution in [3.8, 4) is 0 Å². The van der Waals surface area contributed by atoms with Crippen LogP contribution in [0, 0.1) is 0 Å². The molecule has 2 heterocycles. The van der Waals surface area contributed by atoms with E-state index < -0.39 is 11.7 Å². The third-order valence-electron chi connectivity index (χ3n) is 3.30. The molecule has 1 aliphatic heterocycles. The maximum Gasteiger partial charge on any atom is 0.416 e. The molecule has 3 rings (SSSR count). The molecule has 0 atom stereocenters. The number of nitrogens with zero attached hydrogens (tertiary/aromatic N) is 2. The fraction of sp³-hybridized carbons (Fsp3) is 0.200. The van der Waals surface area contributed by atoms with E-state index in [0.717, 1.165) is 29.7 Å². The highest BCUT2D eigenvalue weighted by atomic mass is 19.4. The third-order valence-corrected chi connectivity index (χ3v) is 3.30. The molecule has 0 saturated carbocycles. The van der Waals surface area contributed by atoms with Crippen LogP contribution in [0.1, 0.15) is 22.3 Å². The zero-order valence-electron chi connectivity index (χ0n) is 10.5. The van der Waals surface area contributed by atoms with Gasteiger partial charge in [-0.05, 0) is 30.2 Å². The fourth-order valence-corrected chi connectivity index (χ4v) is 2.29. The van der Waals surface area contributed by atoms with Crippen LogP contribution in [0.25, 0.3) is 0 Å². The molecular weight excluding hydrogens is 265 g/mol. The van der Waals surface area contributed by atoms with Gasteiger partial charge in [-0.15, -0.1) is 0 Å². The molecule has 0 radical (unpaired) electrons. The molecule has 0 saturated heterocycles. The summed E-state index contributed by atoms with van der Waals surface area (Å²) in [5.41, 5.74) is 2.78. The van der Waals surface area contributed by atoms with Gasteiger partial charge in [0.05, 0.1) is 11.3 Å². The van der Waals surface area contributed by atoms with Crippen LogP contribution in [0.15, 0.2) is 47.7 Å². The molecule has 1 aliphatic rings. The Morgan fingerprint density at radius 2 is 1.75 bits per heavy atom. The molecule has 2 aromatic rings. The molecular formula is C15H11F3N2. The minimum absolute atomic E-state index is 0.646. The Balaban J connectivity index is 2.00. The lowest BCUT2D eigenvalue weighted by Gasteiger charge is -2.16. The zero-order valence-corrected chi connectivity index (χ0v) is 10.5. The number of aromatic nitrogens is 1. The lowest BCUT2D eigenvalue weighted by molar-refractivity contribution is -0.137. The SMILES string of the molecule is FC(F)(F)c1ccc(C2=NCCc3ccncc32)cc1. The standard InChI is InChI=1S/C15H11F3N2/c16-15(17,18)12-3-1-11(2-4-12)14-13-9-19-7-5-10(13)6-8-20-14/h1-5,7,9H,6,8H2. The van der Waals surface area contributed by atoms with E-state index in [1.165, 1.54) is 12.1 Å². The van der Waals surface area contributed by atoms with Crippen molar-refractivity contribution in [2.24, 2.45) is 4.99 Å². The van der Waals surface area contributed by atoms with Gasteiger partial charge in [0.25, 0.3) is 0 Å². The molecule has 5 heteroatoms. The lowest BCUT2D eigenvalue weighted by atomic mass is 9.95. The predicted octanol–water partition coefficient (Wildman–Crippen LogP) is 3.49. The van der Waals surface area contributed by atoms with Gasteiger partial charge in [0.2, 0.25) is 0 Å². The Kier molecular flexibility index (Phi) is 3.04. The predicted molar refractivity (Wildman–Crippen MR) is 69.9 cm³/mol. The van der Waals surface area contributed by atoms with Gasteiger partial charge in [0.15, 0.2) is 0 Å². The number of fused-ring (bicyclic) bond motifs is 1. The molecule has 1 aromatic carbocycles. The Labute approximate surface area is 114 Å². The van der Waals surface area contributed by atoms with E-state index in [-0.39, 0.29) is 0 Å². The fourth-order valence-electron chi connectivity index (χ4n) is 2.29. The average molecular weight is 276 g/mol. The quantitative estimate of drug-likeness (QED) is 0.782. The number of hydrogen-bond acceptors (Lipinski definition) is 2. The third kappa shape index (κ3) is 2.31. The Morgan fingerprint density at radius 3 is 2.45 bits per heavy atom. The van der Waals surface area contributed by atoms with Crippen LogP contribution in [-0.2, 0) is 12.6 Å². The molecule has 0 unspecified atom stereocenters. The highest BCUT2D eigenvalue weighted by Gasteiger charge is 2.30. The second kappa shape index (κ2) is 4.74. The number of rotatable bonds is 1. The first kappa shape index (κ1) is 12.8. The maximum absolute atomic E-state index is 12.6. The van der Waals surface area contributed by atoms with Crippen molar-refractivity contribution in [1.82, 2.24) is 4.98 Å². The van der Waals surface area contributed by atoms with Gasteiger partial charge in [-0.1, -0.05) is 12.1 Å². The number of alkyl halides is 3. The summed E-state index contributed by atoms with van der Waals surface area (Å²) in [6, 6.07) is 7.02. The number of pyridine rings is 1. The molecule has 2 nitrogen and oxygen atoms in total. The van der Waals surface area contributed by atoms with E-state index in [1.54, 1.807) is 12.4 Å². The van der Waals surface area contributed by atoms with Crippen LogP contribution in [-0.4, -0.2) is 17.2 Å². The summed E-state index contributed by atoms with van der Waals surface area (Å²) in [5.74, 6) is 0. The first-order valence-corrected chi connectivity index (χ1v) is 6.21. The van der Waals surface area contributed by atoms with Crippen LogP contribution < -0.4 is 0 Å².